The summed E-state index contributed by atoms with van der Waals surface area (Å²) in [5.74, 6) is 0.711. The van der Waals surface area contributed by atoms with Gasteiger partial charge in [-0.2, -0.15) is 0 Å². The van der Waals surface area contributed by atoms with E-state index in [4.69, 9.17) is 0 Å². The van der Waals surface area contributed by atoms with Crippen LogP contribution in [0.25, 0.3) is 6.08 Å². The zero-order chi connectivity index (χ0) is 12.4. The topological polar surface area (TPSA) is 42.3 Å². The first kappa shape index (κ1) is 11.2. The minimum atomic E-state index is -0.163. The van der Waals surface area contributed by atoms with Crippen LogP contribution in [-0.2, 0) is 10.5 Å². The van der Waals surface area contributed by atoms with Crippen LogP contribution in [0.2, 0.25) is 0 Å². The minimum absolute atomic E-state index is 0.163. The molecule has 0 saturated carbocycles. The van der Waals surface area contributed by atoms with E-state index in [2.05, 4.69) is 9.98 Å². The molecule has 1 aliphatic heterocycles. The van der Waals surface area contributed by atoms with Crippen molar-refractivity contribution in [2.75, 3.05) is 0 Å². The van der Waals surface area contributed by atoms with Gasteiger partial charge in [-0.25, -0.2) is 4.99 Å². The van der Waals surface area contributed by atoms with E-state index in [-0.39, 0.29) is 5.91 Å². The van der Waals surface area contributed by atoms with Crippen LogP contribution in [0.15, 0.2) is 52.6 Å². The molecule has 1 amide bonds. The Labute approximate surface area is 108 Å². The van der Waals surface area contributed by atoms with E-state index >= 15 is 0 Å². The summed E-state index contributed by atoms with van der Waals surface area (Å²) in [5.41, 5.74) is 1.19. The normalized spacial score (nSPS) is 12.8. The summed E-state index contributed by atoms with van der Waals surface area (Å²) in [6.45, 7) is 0. The maximum atomic E-state index is 11.2. The van der Waals surface area contributed by atoms with Gasteiger partial charge in [-0.05, 0) is 29.8 Å². The molecule has 4 heteroatoms. The number of thioether (sulfide) groups is 1. The van der Waals surface area contributed by atoms with E-state index < -0.39 is 0 Å². The standard InChI is InChI=1S/C14H10N2OS/c17-14-8-11-7-10(1-2-13(11)16-14)9-18-12-3-5-15-6-4-12/h1-8H,9H2. The Morgan fingerprint density at radius 1 is 1.11 bits per heavy atom. The van der Waals surface area contributed by atoms with Gasteiger partial charge < -0.3 is 0 Å². The Kier molecular flexibility index (Phi) is 2.94. The van der Waals surface area contributed by atoms with Gasteiger partial charge in [0.25, 0.3) is 5.91 Å². The molecule has 0 aliphatic carbocycles. The van der Waals surface area contributed by atoms with Gasteiger partial charge in [0.15, 0.2) is 0 Å². The van der Waals surface area contributed by atoms with Crippen LogP contribution in [0.4, 0.5) is 0 Å². The van der Waals surface area contributed by atoms with Gasteiger partial charge >= 0.3 is 0 Å². The van der Waals surface area contributed by atoms with Gasteiger partial charge in [0.05, 0.1) is 5.36 Å². The SMILES string of the molecule is O=C1C=c2cc(CSc3ccncc3)ccc2=N1. The average molecular weight is 254 g/mol. The molecule has 0 spiro atoms. The number of aromatic nitrogens is 1. The zero-order valence-corrected chi connectivity index (χ0v) is 10.4. The van der Waals surface area contributed by atoms with Crippen molar-refractivity contribution in [1.29, 1.82) is 0 Å². The molecule has 0 atom stereocenters. The number of benzene rings is 1. The fourth-order valence-electron chi connectivity index (χ4n) is 1.80. The van der Waals surface area contributed by atoms with Crippen molar-refractivity contribution in [2.24, 2.45) is 4.99 Å². The fraction of sp³-hybridized carbons (Fsp3) is 0.0714. The van der Waals surface area contributed by atoms with Crippen molar-refractivity contribution in [3.05, 3.63) is 58.9 Å². The molecule has 1 aromatic carbocycles. The average Bonchev–Trinajstić information content (AvgIpc) is 2.77. The Morgan fingerprint density at radius 2 is 1.94 bits per heavy atom. The second-order valence-electron chi connectivity index (χ2n) is 3.96. The lowest BCUT2D eigenvalue weighted by Crippen LogP contribution is -2.21. The number of amides is 1. The molecule has 0 unspecified atom stereocenters. The van der Waals surface area contributed by atoms with Gasteiger partial charge in [0.2, 0.25) is 0 Å². The largest absolute Gasteiger partial charge is 0.270 e. The molecule has 1 aliphatic rings. The molecule has 2 aromatic rings. The molecule has 0 N–H and O–H groups in total. The van der Waals surface area contributed by atoms with E-state index in [9.17, 15) is 4.79 Å². The van der Waals surface area contributed by atoms with Crippen molar-refractivity contribution in [2.45, 2.75) is 10.6 Å². The first-order valence-corrected chi connectivity index (χ1v) is 6.56. The van der Waals surface area contributed by atoms with Crippen LogP contribution < -0.4 is 10.6 Å². The lowest BCUT2D eigenvalue weighted by Gasteiger charge is -2.01. The minimum Gasteiger partial charge on any atom is -0.267 e. The molecular formula is C14H10N2OS. The molecule has 1 aromatic heterocycles. The molecule has 0 fully saturated rings. The predicted octanol–water partition coefficient (Wildman–Crippen LogP) is 1.31. The Hall–Kier alpha value is -1.94. The third kappa shape index (κ3) is 2.33. The molecule has 2 heterocycles. The van der Waals surface area contributed by atoms with E-state index in [0.717, 1.165) is 16.3 Å². The summed E-state index contributed by atoms with van der Waals surface area (Å²) >= 11 is 1.75. The lowest BCUT2D eigenvalue weighted by molar-refractivity contribution is -0.112. The highest BCUT2D eigenvalue weighted by Crippen LogP contribution is 2.20. The summed E-state index contributed by atoms with van der Waals surface area (Å²) < 4.78 is 0. The summed E-state index contributed by atoms with van der Waals surface area (Å²) in [6.07, 6.45) is 5.16. The van der Waals surface area contributed by atoms with E-state index in [1.807, 2.05) is 30.3 Å². The second-order valence-corrected chi connectivity index (χ2v) is 5.01. The van der Waals surface area contributed by atoms with Crippen LogP contribution in [0.1, 0.15) is 5.56 Å². The van der Waals surface area contributed by atoms with Crippen molar-refractivity contribution in [3.8, 4) is 0 Å². The number of carbonyl (C=O) groups is 1. The second kappa shape index (κ2) is 4.74. The summed E-state index contributed by atoms with van der Waals surface area (Å²) in [6, 6.07) is 9.92. The monoisotopic (exact) mass is 254 g/mol. The first-order valence-electron chi connectivity index (χ1n) is 5.57. The number of hydrogen-bond acceptors (Lipinski definition) is 3. The van der Waals surface area contributed by atoms with Gasteiger partial charge in [-0.3, -0.25) is 9.78 Å². The van der Waals surface area contributed by atoms with Gasteiger partial charge in [0, 0.05) is 34.3 Å². The molecule has 3 nitrogen and oxygen atoms in total. The summed E-state index contributed by atoms with van der Waals surface area (Å²) in [5, 5.41) is 1.70. The highest BCUT2D eigenvalue weighted by Gasteiger charge is 2.04. The molecule has 0 saturated heterocycles. The smallest absolute Gasteiger partial charge is 0.267 e. The van der Waals surface area contributed by atoms with Gasteiger partial charge in [-0.1, -0.05) is 6.07 Å². The van der Waals surface area contributed by atoms with Crippen LogP contribution in [0, 0.1) is 0 Å². The van der Waals surface area contributed by atoms with Gasteiger partial charge in [0.1, 0.15) is 0 Å². The van der Waals surface area contributed by atoms with Gasteiger partial charge in [-0.15, -0.1) is 11.8 Å². The zero-order valence-electron chi connectivity index (χ0n) is 9.54. The van der Waals surface area contributed by atoms with Crippen LogP contribution >= 0.6 is 11.8 Å². The molecule has 0 radical (unpaired) electrons. The molecule has 18 heavy (non-hydrogen) atoms. The number of rotatable bonds is 3. The first-order chi connectivity index (χ1) is 8.81. The van der Waals surface area contributed by atoms with Crippen LogP contribution in [0.3, 0.4) is 0 Å². The summed E-state index contributed by atoms with van der Waals surface area (Å²) in [7, 11) is 0. The number of hydrogen-bond donors (Lipinski definition) is 0. The molecule has 88 valence electrons. The Balaban J connectivity index is 1.80. The number of carbonyl (C=O) groups excluding carboxylic acids is 1. The molecule has 0 bridgehead atoms. The molecule has 3 rings (SSSR count). The van der Waals surface area contributed by atoms with Crippen LogP contribution in [-0.4, -0.2) is 10.9 Å². The van der Waals surface area contributed by atoms with Crippen molar-refractivity contribution in [1.82, 2.24) is 4.98 Å². The lowest BCUT2D eigenvalue weighted by atomic mass is 10.2. The summed E-state index contributed by atoms with van der Waals surface area (Å²) in [4.78, 5) is 20.2. The third-order valence-corrected chi connectivity index (χ3v) is 3.74. The molecular weight excluding hydrogens is 244 g/mol. The van der Waals surface area contributed by atoms with Crippen molar-refractivity contribution >= 4 is 23.7 Å². The number of nitrogens with zero attached hydrogens (tertiary/aromatic N) is 2. The van der Waals surface area contributed by atoms with Crippen molar-refractivity contribution < 1.29 is 4.79 Å². The highest BCUT2D eigenvalue weighted by molar-refractivity contribution is 7.98. The highest BCUT2D eigenvalue weighted by atomic mass is 32.2. The van der Waals surface area contributed by atoms with Crippen molar-refractivity contribution in [3.63, 3.8) is 0 Å². The fourth-order valence-corrected chi connectivity index (χ4v) is 2.62. The van der Waals surface area contributed by atoms with Crippen LogP contribution in [0.5, 0.6) is 0 Å². The maximum Gasteiger partial charge on any atom is 0.270 e. The Bertz CT molecular complexity index is 710. The van der Waals surface area contributed by atoms with E-state index in [1.54, 1.807) is 30.2 Å². The predicted molar refractivity (Wildman–Crippen MR) is 70.5 cm³/mol. The number of fused-ring (bicyclic) bond motifs is 1. The Morgan fingerprint density at radius 3 is 2.78 bits per heavy atom. The van der Waals surface area contributed by atoms with E-state index in [0.29, 0.717) is 0 Å². The number of pyridine rings is 1. The third-order valence-electron chi connectivity index (χ3n) is 2.66. The van der Waals surface area contributed by atoms with E-state index in [1.165, 1.54) is 10.5 Å². The quantitative estimate of drug-likeness (QED) is 0.776. The maximum absolute atomic E-state index is 11.2.